The molecular weight excluding hydrogens is 384 g/mol. The first kappa shape index (κ1) is 19.4. The molecule has 152 valence electrons. The molecule has 2 heterocycles. The van der Waals surface area contributed by atoms with Gasteiger partial charge in [-0.2, -0.15) is 0 Å². The van der Waals surface area contributed by atoms with Crippen molar-refractivity contribution in [2.75, 3.05) is 0 Å². The molecule has 7 heteroatoms. The first-order chi connectivity index (χ1) is 14.6. The number of esters is 1. The van der Waals surface area contributed by atoms with E-state index < -0.39 is 5.97 Å². The first-order valence-electron chi connectivity index (χ1n) is 9.43. The minimum atomic E-state index is -0.470. The summed E-state index contributed by atoms with van der Waals surface area (Å²) < 4.78 is 21.6. The summed E-state index contributed by atoms with van der Waals surface area (Å²) in [5, 5.41) is 7.86. The molecule has 4 aromatic rings. The molecule has 0 N–H and O–H groups in total. The Kier molecular flexibility index (Phi) is 5.61. The van der Waals surface area contributed by atoms with Gasteiger partial charge in [0.15, 0.2) is 5.76 Å². The largest absolute Gasteiger partial charge is 0.489 e. The Morgan fingerprint density at radius 3 is 2.53 bits per heavy atom. The van der Waals surface area contributed by atoms with Crippen molar-refractivity contribution < 1.29 is 23.3 Å². The molecule has 0 radical (unpaired) electrons. The Morgan fingerprint density at radius 2 is 1.77 bits per heavy atom. The summed E-state index contributed by atoms with van der Waals surface area (Å²) in [4.78, 5) is 12.4. The molecule has 0 fully saturated rings. The zero-order valence-corrected chi connectivity index (χ0v) is 16.6. The van der Waals surface area contributed by atoms with Crippen LogP contribution in [0.15, 0.2) is 69.7 Å². The van der Waals surface area contributed by atoms with E-state index >= 15 is 0 Å². The minimum absolute atomic E-state index is 0.0132. The number of aromatic nitrogens is 2. The molecular formula is C23H20N2O5. The number of ether oxygens (including phenoxy) is 2. The second-order valence-electron chi connectivity index (χ2n) is 6.74. The highest BCUT2D eigenvalue weighted by Gasteiger charge is 2.13. The van der Waals surface area contributed by atoms with Crippen molar-refractivity contribution in [2.24, 2.45) is 0 Å². The van der Waals surface area contributed by atoms with Crippen LogP contribution in [0.1, 0.15) is 33.1 Å². The van der Waals surface area contributed by atoms with E-state index in [1.807, 2.05) is 44.2 Å². The summed E-state index contributed by atoms with van der Waals surface area (Å²) in [6, 6.07) is 18.2. The molecule has 0 saturated heterocycles. The topological polar surface area (TPSA) is 87.6 Å². The molecule has 7 nitrogen and oxygen atoms in total. The number of nitrogens with zero attached hydrogens (tertiary/aromatic N) is 2. The van der Waals surface area contributed by atoms with Gasteiger partial charge >= 0.3 is 5.97 Å². The second kappa shape index (κ2) is 8.65. The number of benzene rings is 2. The van der Waals surface area contributed by atoms with Crippen molar-refractivity contribution in [2.45, 2.75) is 27.1 Å². The van der Waals surface area contributed by atoms with Crippen LogP contribution in [0, 0.1) is 13.8 Å². The quantitative estimate of drug-likeness (QED) is 0.406. The molecule has 0 aliphatic heterocycles. The van der Waals surface area contributed by atoms with Crippen molar-refractivity contribution in [1.82, 2.24) is 10.3 Å². The van der Waals surface area contributed by atoms with Gasteiger partial charge in [-0.15, -0.1) is 0 Å². The lowest BCUT2D eigenvalue weighted by molar-refractivity contribution is 0.0463. The summed E-state index contributed by atoms with van der Waals surface area (Å²) in [6.45, 7) is 4.01. The Hall–Kier alpha value is -3.87. The number of carbonyl (C=O) groups is 1. The number of carbonyl (C=O) groups excluding carboxylic acids is 1. The van der Waals surface area contributed by atoms with Crippen molar-refractivity contribution >= 4 is 5.97 Å². The van der Waals surface area contributed by atoms with Crippen molar-refractivity contribution in [3.05, 3.63) is 88.9 Å². The molecule has 4 rings (SSSR count). The summed E-state index contributed by atoms with van der Waals surface area (Å²) in [5.74, 6) is 1.42. The molecule has 30 heavy (non-hydrogen) atoms. The van der Waals surface area contributed by atoms with E-state index in [0.717, 1.165) is 16.8 Å². The van der Waals surface area contributed by atoms with E-state index in [1.165, 1.54) is 0 Å². The van der Waals surface area contributed by atoms with Gasteiger partial charge in [-0.1, -0.05) is 46.7 Å². The SMILES string of the molecule is Cc1noc(C)c1COc1cccc(C(=O)OCc2cc(-c3ccccc3)on2)c1. The average Bonchev–Trinajstić information content (AvgIpc) is 3.38. The lowest BCUT2D eigenvalue weighted by Gasteiger charge is -2.08. The minimum Gasteiger partial charge on any atom is -0.489 e. The predicted molar refractivity (Wildman–Crippen MR) is 108 cm³/mol. The zero-order valence-electron chi connectivity index (χ0n) is 16.6. The summed E-state index contributed by atoms with van der Waals surface area (Å²) >= 11 is 0. The summed E-state index contributed by atoms with van der Waals surface area (Å²) in [5.41, 5.74) is 3.51. The highest BCUT2D eigenvalue weighted by atomic mass is 16.5. The van der Waals surface area contributed by atoms with Crippen LogP contribution in [0.25, 0.3) is 11.3 Å². The van der Waals surface area contributed by atoms with E-state index in [4.69, 9.17) is 18.5 Å². The molecule has 0 atom stereocenters. The van der Waals surface area contributed by atoms with Crippen molar-refractivity contribution in [3.63, 3.8) is 0 Å². The van der Waals surface area contributed by atoms with E-state index in [1.54, 1.807) is 30.3 Å². The van der Waals surface area contributed by atoms with Crippen molar-refractivity contribution in [3.8, 4) is 17.1 Å². The predicted octanol–water partition coefficient (Wildman–Crippen LogP) is 4.88. The second-order valence-corrected chi connectivity index (χ2v) is 6.74. The van der Waals surface area contributed by atoms with Gasteiger partial charge in [0, 0.05) is 11.6 Å². The zero-order chi connectivity index (χ0) is 20.9. The normalized spacial score (nSPS) is 10.7. The first-order valence-corrected chi connectivity index (χ1v) is 9.43. The Balaban J connectivity index is 1.36. The van der Waals surface area contributed by atoms with Crippen LogP contribution >= 0.6 is 0 Å². The third-order valence-electron chi connectivity index (χ3n) is 4.60. The summed E-state index contributed by atoms with van der Waals surface area (Å²) in [6.07, 6.45) is 0. The summed E-state index contributed by atoms with van der Waals surface area (Å²) in [7, 11) is 0. The van der Waals surface area contributed by atoms with E-state index in [-0.39, 0.29) is 6.61 Å². The smallest absolute Gasteiger partial charge is 0.338 e. The maximum Gasteiger partial charge on any atom is 0.338 e. The Bertz CT molecular complexity index is 1130. The number of aryl methyl sites for hydroxylation is 2. The van der Waals surface area contributed by atoms with E-state index in [2.05, 4.69) is 10.3 Å². The lowest BCUT2D eigenvalue weighted by Crippen LogP contribution is -2.06. The molecule has 0 amide bonds. The molecule has 0 saturated carbocycles. The fraction of sp³-hybridized carbons (Fsp3) is 0.174. The van der Waals surface area contributed by atoms with Gasteiger partial charge in [0.2, 0.25) is 0 Å². The number of hydrogen-bond acceptors (Lipinski definition) is 7. The highest BCUT2D eigenvalue weighted by Crippen LogP contribution is 2.21. The monoisotopic (exact) mass is 404 g/mol. The Morgan fingerprint density at radius 1 is 0.933 bits per heavy atom. The third kappa shape index (κ3) is 4.41. The highest BCUT2D eigenvalue weighted by molar-refractivity contribution is 5.89. The molecule has 0 aliphatic rings. The van der Waals surface area contributed by atoms with Gasteiger partial charge in [-0.3, -0.25) is 0 Å². The Labute approximate surface area is 173 Å². The van der Waals surface area contributed by atoms with Crippen LogP contribution in [0.3, 0.4) is 0 Å². The fourth-order valence-corrected chi connectivity index (χ4v) is 2.92. The maximum absolute atomic E-state index is 12.4. The molecule has 0 aliphatic carbocycles. The lowest BCUT2D eigenvalue weighted by atomic mass is 10.2. The van der Waals surface area contributed by atoms with Crippen LogP contribution in [-0.2, 0) is 18.0 Å². The van der Waals surface area contributed by atoms with Gasteiger partial charge in [0.1, 0.15) is 30.4 Å². The van der Waals surface area contributed by atoms with Gasteiger partial charge in [-0.05, 0) is 32.0 Å². The van der Waals surface area contributed by atoms with Crippen LogP contribution in [-0.4, -0.2) is 16.3 Å². The van der Waals surface area contributed by atoms with Gasteiger partial charge in [-0.25, -0.2) is 4.79 Å². The molecule has 0 bridgehead atoms. The van der Waals surface area contributed by atoms with E-state index in [9.17, 15) is 4.79 Å². The van der Waals surface area contributed by atoms with Crippen LogP contribution < -0.4 is 4.74 Å². The van der Waals surface area contributed by atoms with Crippen molar-refractivity contribution in [1.29, 1.82) is 0 Å². The standard InChI is InChI=1S/C23H20N2O5/c1-15-21(16(2)29-24-15)14-27-20-10-6-9-18(11-20)23(26)28-13-19-12-22(30-25-19)17-7-4-3-5-8-17/h3-12H,13-14H2,1-2H3. The molecule has 0 spiro atoms. The molecule has 2 aromatic carbocycles. The van der Waals surface area contributed by atoms with E-state index in [0.29, 0.717) is 35.1 Å². The number of rotatable bonds is 7. The van der Waals surface area contributed by atoms with Gasteiger partial charge in [0.05, 0.1) is 16.8 Å². The average molecular weight is 404 g/mol. The molecule has 0 unspecified atom stereocenters. The van der Waals surface area contributed by atoms with Gasteiger partial charge in [0.25, 0.3) is 0 Å². The number of hydrogen-bond donors (Lipinski definition) is 0. The fourth-order valence-electron chi connectivity index (χ4n) is 2.92. The molecule has 2 aromatic heterocycles. The van der Waals surface area contributed by atoms with Crippen LogP contribution in [0.2, 0.25) is 0 Å². The third-order valence-corrected chi connectivity index (χ3v) is 4.60. The van der Waals surface area contributed by atoms with Crippen LogP contribution in [0.5, 0.6) is 5.75 Å². The van der Waals surface area contributed by atoms with Crippen LogP contribution in [0.4, 0.5) is 0 Å². The van der Waals surface area contributed by atoms with Gasteiger partial charge < -0.3 is 18.5 Å². The maximum atomic E-state index is 12.4.